The molecule has 0 aromatic heterocycles. The topological polar surface area (TPSA) is 72.5 Å². The predicted molar refractivity (Wildman–Crippen MR) is 86.7 cm³/mol. The van der Waals surface area contributed by atoms with Gasteiger partial charge in [-0.25, -0.2) is 13.2 Å². The van der Waals surface area contributed by atoms with Crippen molar-refractivity contribution in [2.24, 2.45) is 0 Å². The highest BCUT2D eigenvalue weighted by Gasteiger charge is 2.30. The van der Waals surface area contributed by atoms with E-state index in [9.17, 15) is 26.4 Å². The number of carbonyl (C=O) groups excluding carboxylic acids is 1. The number of halogens is 3. The molecular weight excluding hydrogens is 359 g/mol. The maximum atomic E-state index is 12.7. The molecule has 0 bridgehead atoms. The maximum absolute atomic E-state index is 12.7. The highest BCUT2D eigenvalue weighted by atomic mass is 32.2. The molecule has 0 fully saturated rings. The second-order valence-electron chi connectivity index (χ2n) is 5.17. The van der Waals surface area contributed by atoms with Crippen molar-refractivity contribution in [3.8, 4) is 11.1 Å². The summed E-state index contributed by atoms with van der Waals surface area (Å²) >= 11 is 0. The molecule has 0 aliphatic carbocycles. The van der Waals surface area contributed by atoms with E-state index in [0.717, 1.165) is 25.5 Å². The van der Waals surface area contributed by atoms with Crippen LogP contribution in [0.15, 0.2) is 42.5 Å². The van der Waals surface area contributed by atoms with Crippen LogP contribution in [0.1, 0.15) is 15.9 Å². The number of nitrogens with one attached hydrogen (secondary N) is 1. The summed E-state index contributed by atoms with van der Waals surface area (Å²) in [6.45, 7) is 0. The molecule has 0 heterocycles. The number of hydrogen-bond donors (Lipinski definition) is 1. The second kappa shape index (κ2) is 6.75. The van der Waals surface area contributed by atoms with Crippen molar-refractivity contribution in [1.29, 1.82) is 0 Å². The van der Waals surface area contributed by atoms with Crippen molar-refractivity contribution in [2.45, 2.75) is 6.18 Å². The molecule has 2 aromatic rings. The molecule has 5 nitrogen and oxygen atoms in total. The number of ether oxygens (including phenoxy) is 1. The van der Waals surface area contributed by atoms with Gasteiger partial charge in [-0.15, -0.1) is 0 Å². The van der Waals surface area contributed by atoms with Gasteiger partial charge < -0.3 is 4.74 Å². The smallest absolute Gasteiger partial charge is 0.416 e. The lowest BCUT2D eigenvalue weighted by Crippen LogP contribution is -2.15. The van der Waals surface area contributed by atoms with Gasteiger partial charge in [0.2, 0.25) is 10.0 Å². The minimum atomic E-state index is -4.48. The Balaban J connectivity index is 2.61. The van der Waals surface area contributed by atoms with Gasteiger partial charge in [-0.05, 0) is 29.3 Å². The Bertz CT molecular complexity index is 891. The van der Waals surface area contributed by atoms with Gasteiger partial charge in [0.1, 0.15) is 0 Å². The fourth-order valence-corrected chi connectivity index (χ4v) is 2.81. The van der Waals surface area contributed by atoms with E-state index in [1.165, 1.54) is 30.3 Å². The van der Waals surface area contributed by atoms with Crippen LogP contribution < -0.4 is 4.72 Å². The summed E-state index contributed by atoms with van der Waals surface area (Å²) in [6.07, 6.45) is -3.57. The van der Waals surface area contributed by atoms with E-state index in [-0.39, 0.29) is 16.8 Å². The summed E-state index contributed by atoms with van der Waals surface area (Å²) in [5.74, 6) is -0.818. The van der Waals surface area contributed by atoms with Crippen LogP contribution in [0.4, 0.5) is 18.9 Å². The highest BCUT2D eigenvalue weighted by Crippen LogP contribution is 2.34. The molecule has 0 spiro atoms. The van der Waals surface area contributed by atoms with E-state index in [1.807, 2.05) is 0 Å². The number of benzene rings is 2. The van der Waals surface area contributed by atoms with Crippen molar-refractivity contribution < 1.29 is 31.1 Å². The lowest BCUT2D eigenvalue weighted by atomic mass is 9.97. The molecule has 0 saturated carbocycles. The van der Waals surface area contributed by atoms with Crippen LogP contribution in [0.5, 0.6) is 0 Å². The molecule has 0 radical (unpaired) electrons. The summed E-state index contributed by atoms with van der Waals surface area (Å²) in [5, 5.41) is 0. The molecule has 0 amide bonds. The summed E-state index contributed by atoms with van der Waals surface area (Å²) in [6, 6.07) is 8.50. The van der Waals surface area contributed by atoms with Gasteiger partial charge in [-0.1, -0.05) is 24.3 Å². The van der Waals surface area contributed by atoms with Crippen LogP contribution in [-0.4, -0.2) is 27.8 Å². The molecule has 1 N–H and O–H groups in total. The average Bonchev–Trinajstić information content (AvgIpc) is 2.52. The Morgan fingerprint density at radius 1 is 1.08 bits per heavy atom. The standard InChI is InChI=1S/C16H14F3NO4S/c1-24-15(21)14-12(4-3-5-13(14)20-25(2,22)23)10-6-8-11(9-7-10)16(17,18)19/h3-9,20H,1-2H3. The summed E-state index contributed by atoms with van der Waals surface area (Å²) in [5.41, 5.74) is -0.386. The molecule has 0 aliphatic heterocycles. The van der Waals surface area contributed by atoms with Crippen LogP contribution in [0.3, 0.4) is 0 Å². The number of sulfonamides is 1. The van der Waals surface area contributed by atoms with E-state index in [4.69, 9.17) is 0 Å². The predicted octanol–water partition coefficient (Wildman–Crippen LogP) is 3.53. The number of anilines is 1. The van der Waals surface area contributed by atoms with Crippen molar-refractivity contribution >= 4 is 21.7 Å². The molecular formula is C16H14F3NO4S. The Kier molecular flexibility index (Phi) is 5.07. The van der Waals surface area contributed by atoms with Crippen LogP contribution in [0.25, 0.3) is 11.1 Å². The molecule has 25 heavy (non-hydrogen) atoms. The molecule has 0 unspecified atom stereocenters. The SMILES string of the molecule is COC(=O)c1c(NS(C)(=O)=O)cccc1-c1ccc(C(F)(F)F)cc1. The zero-order valence-electron chi connectivity index (χ0n) is 13.2. The number of rotatable bonds is 4. The monoisotopic (exact) mass is 373 g/mol. The van der Waals surface area contributed by atoms with Crippen LogP contribution in [-0.2, 0) is 20.9 Å². The zero-order chi connectivity index (χ0) is 18.8. The third-order valence-electron chi connectivity index (χ3n) is 3.27. The molecule has 134 valence electrons. The number of esters is 1. The van der Waals surface area contributed by atoms with E-state index < -0.39 is 27.7 Å². The number of alkyl halides is 3. The zero-order valence-corrected chi connectivity index (χ0v) is 14.0. The second-order valence-corrected chi connectivity index (χ2v) is 6.92. The van der Waals surface area contributed by atoms with E-state index in [2.05, 4.69) is 9.46 Å². The quantitative estimate of drug-likeness (QED) is 0.833. The summed E-state index contributed by atoms with van der Waals surface area (Å²) in [7, 11) is -2.55. The van der Waals surface area contributed by atoms with Crippen LogP contribution >= 0.6 is 0 Å². The van der Waals surface area contributed by atoms with Gasteiger partial charge in [-0.3, -0.25) is 4.72 Å². The van der Waals surface area contributed by atoms with Crippen LogP contribution in [0, 0.1) is 0 Å². The molecule has 9 heteroatoms. The van der Waals surface area contributed by atoms with Crippen molar-refractivity contribution in [3.05, 3.63) is 53.6 Å². The summed E-state index contributed by atoms with van der Waals surface area (Å²) in [4.78, 5) is 12.1. The fraction of sp³-hybridized carbons (Fsp3) is 0.188. The van der Waals surface area contributed by atoms with E-state index in [0.29, 0.717) is 5.56 Å². The number of carbonyl (C=O) groups is 1. The van der Waals surface area contributed by atoms with Crippen molar-refractivity contribution in [3.63, 3.8) is 0 Å². The maximum Gasteiger partial charge on any atom is 0.416 e. The third-order valence-corrected chi connectivity index (χ3v) is 3.86. The molecule has 0 saturated heterocycles. The van der Waals surface area contributed by atoms with Gasteiger partial charge in [0.15, 0.2) is 0 Å². The van der Waals surface area contributed by atoms with Gasteiger partial charge in [0, 0.05) is 0 Å². The van der Waals surface area contributed by atoms with Gasteiger partial charge in [-0.2, -0.15) is 13.2 Å². The highest BCUT2D eigenvalue weighted by molar-refractivity contribution is 7.92. The summed E-state index contributed by atoms with van der Waals surface area (Å²) < 4.78 is 67.9. The molecule has 0 atom stereocenters. The first kappa shape index (κ1) is 18.8. The van der Waals surface area contributed by atoms with Crippen LogP contribution in [0.2, 0.25) is 0 Å². The van der Waals surface area contributed by atoms with E-state index >= 15 is 0 Å². The Labute approximate surface area is 142 Å². The lowest BCUT2D eigenvalue weighted by molar-refractivity contribution is -0.137. The largest absolute Gasteiger partial charge is 0.465 e. The van der Waals surface area contributed by atoms with Crippen molar-refractivity contribution in [2.75, 3.05) is 18.1 Å². The van der Waals surface area contributed by atoms with Gasteiger partial charge in [0.25, 0.3) is 0 Å². The molecule has 0 aliphatic rings. The molecule has 2 aromatic carbocycles. The Hall–Kier alpha value is -2.55. The number of methoxy groups -OCH3 is 1. The third kappa shape index (κ3) is 4.50. The van der Waals surface area contributed by atoms with Gasteiger partial charge in [0.05, 0.1) is 30.2 Å². The minimum Gasteiger partial charge on any atom is -0.465 e. The fourth-order valence-electron chi connectivity index (χ4n) is 2.24. The molecule has 2 rings (SSSR count). The average molecular weight is 373 g/mol. The van der Waals surface area contributed by atoms with Gasteiger partial charge >= 0.3 is 12.1 Å². The lowest BCUT2D eigenvalue weighted by Gasteiger charge is -2.14. The number of hydrogen-bond acceptors (Lipinski definition) is 4. The Morgan fingerprint density at radius 3 is 2.16 bits per heavy atom. The first-order valence-corrected chi connectivity index (χ1v) is 8.79. The first-order valence-electron chi connectivity index (χ1n) is 6.89. The normalized spacial score (nSPS) is 11.9. The van der Waals surface area contributed by atoms with E-state index in [1.54, 1.807) is 0 Å². The minimum absolute atomic E-state index is 0.0215. The Morgan fingerprint density at radius 2 is 1.68 bits per heavy atom. The first-order chi connectivity index (χ1) is 11.5. The van der Waals surface area contributed by atoms with Crippen molar-refractivity contribution in [1.82, 2.24) is 0 Å².